The maximum atomic E-state index is 12.9. The molecule has 3 N–H and O–H groups in total. The van der Waals surface area contributed by atoms with Crippen molar-refractivity contribution in [1.29, 1.82) is 0 Å². The fourth-order valence-electron chi connectivity index (χ4n) is 3.74. The molecule has 1 aromatic heterocycles. The highest BCUT2D eigenvalue weighted by Gasteiger charge is 2.11. The minimum absolute atomic E-state index is 0.235. The number of aryl methyl sites for hydroxylation is 2. The molecule has 0 unspecified atom stereocenters. The molecule has 0 saturated carbocycles. The van der Waals surface area contributed by atoms with Crippen LogP contribution in [0.2, 0.25) is 0 Å². The summed E-state index contributed by atoms with van der Waals surface area (Å²) in [5.41, 5.74) is 6.00. The van der Waals surface area contributed by atoms with Gasteiger partial charge in [0.2, 0.25) is 5.96 Å². The summed E-state index contributed by atoms with van der Waals surface area (Å²) >= 11 is 0. The number of benzene rings is 3. The van der Waals surface area contributed by atoms with Gasteiger partial charge in [0.1, 0.15) is 5.75 Å². The summed E-state index contributed by atoms with van der Waals surface area (Å²) < 4.78 is 5.18. The highest BCUT2D eigenvalue weighted by molar-refractivity contribution is 6.10. The first-order valence-electron chi connectivity index (χ1n) is 10.9. The number of amides is 1. The van der Waals surface area contributed by atoms with Crippen molar-refractivity contribution in [3.8, 4) is 5.75 Å². The monoisotopic (exact) mass is 440 g/mol. The number of guanidine groups is 1. The first kappa shape index (κ1) is 22.1. The van der Waals surface area contributed by atoms with Crippen LogP contribution in [-0.2, 0) is 6.42 Å². The number of hydrogen-bond donors (Lipinski definition) is 3. The van der Waals surface area contributed by atoms with E-state index in [2.05, 4.69) is 40.7 Å². The number of hydrogen-bond acceptors (Lipinski definition) is 3. The molecule has 0 radical (unpaired) electrons. The fourth-order valence-corrected chi connectivity index (χ4v) is 3.74. The number of aromatic nitrogens is 1. The topological polar surface area (TPSA) is 78.5 Å². The molecule has 0 aliphatic heterocycles. The minimum Gasteiger partial charge on any atom is -0.497 e. The SMILES string of the molecule is COc1ccc(C(=O)NC(=NCCc2c[nH]c3ccccc23)Nc2ccc(C)cc2C)cc1. The quantitative estimate of drug-likeness (QED) is 0.284. The summed E-state index contributed by atoms with van der Waals surface area (Å²) in [5, 5.41) is 7.42. The Hall–Kier alpha value is -4.06. The van der Waals surface area contributed by atoms with Crippen molar-refractivity contribution < 1.29 is 9.53 Å². The zero-order chi connectivity index (χ0) is 23.2. The largest absolute Gasteiger partial charge is 0.497 e. The van der Waals surface area contributed by atoms with E-state index in [9.17, 15) is 4.79 Å². The third-order valence-electron chi connectivity index (χ3n) is 5.55. The van der Waals surface area contributed by atoms with Gasteiger partial charge in [-0.3, -0.25) is 15.1 Å². The van der Waals surface area contributed by atoms with Gasteiger partial charge < -0.3 is 15.0 Å². The van der Waals surface area contributed by atoms with Crippen LogP contribution in [-0.4, -0.2) is 30.5 Å². The maximum Gasteiger partial charge on any atom is 0.257 e. The average molecular weight is 441 g/mol. The zero-order valence-electron chi connectivity index (χ0n) is 19.1. The van der Waals surface area contributed by atoms with Crippen LogP contribution in [0.25, 0.3) is 10.9 Å². The van der Waals surface area contributed by atoms with Crippen LogP contribution in [0, 0.1) is 13.8 Å². The standard InChI is InChI=1S/C27H28N4O2/c1-18-8-13-24(19(2)16-18)30-27(31-26(32)20-9-11-22(33-3)12-10-20)28-15-14-21-17-29-25-7-5-4-6-23(21)25/h4-13,16-17,29H,14-15H2,1-3H3,(H2,28,30,31,32). The van der Waals surface area contributed by atoms with E-state index < -0.39 is 0 Å². The molecular weight excluding hydrogens is 412 g/mol. The van der Waals surface area contributed by atoms with Crippen molar-refractivity contribution in [3.05, 3.63) is 95.2 Å². The van der Waals surface area contributed by atoms with Crippen molar-refractivity contribution in [2.24, 2.45) is 4.99 Å². The Kier molecular flexibility index (Phi) is 6.74. The average Bonchev–Trinajstić information content (AvgIpc) is 3.24. The predicted octanol–water partition coefficient (Wildman–Crippen LogP) is 5.23. The number of para-hydroxylation sites is 1. The molecule has 33 heavy (non-hydrogen) atoms. The Morgan fingerprint density at radius 1 is 1.03 bits per heavy atom. The van der Waals surface area contributed by atoms with Crippen LogP contribution in [0.1, 0.15) is 27.0 Å². The van der Waals surface area contributed by atoms with Gasteiger partial charge in [-0.15, -0.1) is 0 Å². The minimum atomic E-state index is -0.235. The molecule has 4 aromatic rings. The number of aromatic amines is 1. The van der Waals surface area contributed by atoms with Crippen LogP contribution in [0.3, 0.4) is 0 Å². The Morgan fingerprint density at radius 2 is 1.82 bits per heavy atom. The molecule has 3 aromatic carbocycles. The van der Waals surface area contributed by atoms with E-state index in [1.165, 1.54) is 16.5 Å². The number of H-pyrrole nitrogens is 1. The molecule has 0 fully saturated rings. The molecule has 0 aliphatic rings. The Labute approximate surface area is 193 Å². The number of fused-ring (bicyclic) bond motifs is 1. The van der Waals surface area contributed by atoms with Crippen LogP contribution < -0.4 is 15.4 Å². The van der Waals surface area contributed by atoms with Crippen molar-refractivity contribution in [2.75, 3.05) is 19.0 Å². The highest BCUT2D eigenvalue weighted by Crippen LogP contribution is 2.19. The number of methoxy groups -OCH3 is 1. The van der Waals surface area contributed by atoms with Gasteiger partial charge in [0.25, 0.3) is 5.91 Å². The lowest BCUT2D eigenvalue weighted by Crippen LogP contribution is -2.36. The highest BCUT2D eigenvalue weighted by atomic mass is 16.5. The van der Waals surface area contributed by atoms with Crippen molar-refractivity contribution in [1.82, 2.24) is 10.3 Å². The number of carbonyl (C=O) groups excluding carboxylic acids is 1. The summed E-state index contributed by atoms with van der Waals surface area (Å²) in [7, 11) is 1.60. The fraction of sp³-hybridized carbons (Fsp3) is 0.185. The second kappa shape index (κ2) is 10.0. The van der Waals surface area contributed by atoms with Gasteiger partial charge in [-0.1, -0.05) is 35.9 Å². The van der Waals surface area contributed by atoms with Gasteiger partial charge in [0.05, 0.1) is 7.11 Å². The molecule has 168 valence electrons. The van der Waals surface area contributed by atoms with E-state index in [4.69, 9.17) is 9.73 Å². The van der Waals surface area contributed by atoms with E-state index in [-0.39, 0.29) is 5.91 Å². The molecule has 0 atom stereocenters. The molecular formula is C27H28N4O2. The smallest absolute Gasteiger partial charge is 0.257 e. The van der Waals surface area contributed by atoms with Crippen LogP contribution in [0.15, 0.2) is 77.9 Å². The number of nitrogens with zero attached hydrogens (tertiary/aromatic N) is 1. The second-order valence-corrected chi connectivity index (χ2v) is 7.97. The molecule has 0 spiro atoms. The van der Waals surface area contributed by atoms with Crippen LogP contribution in [0.4, 0.5) is 5.69 Å². The van der Waals surface area contributed by atoms with Crippen molar-refractivity contribution in [3.63, 3.8) is 0 Å². The Bertz CT molecular complexity index is 1290. The van der Waals surface area contributed by atoms with Crippen LogP contribution >= 0.6 is 0 Å². The van der Waals surface area contributed by atoms with Gasteiger partial charge in [-0.2, -0.15) is 0 Å². The van der Waals surface area contributed by atoms with Gasteiger partial charge in [0.15, 0.2) is 0 Å². The molecule has 0 aliphatic carbocycles. The predicted molar refractivity (Wildman–Crippen MR) is 134 cm³/mol. The second-order valence-electron chi connectivity index (χ2n) is 7.97. The van der Waals surface area contributed by atoms with Crippen LogP contribution in [0.5, 0.6) is 5.75 Å². The third-order valence-corrected chi connectivity index (χ3v) is 5.55. The van der Waals surface area contributed by atoms with Gasteiger partial charge >= 0.3 is 0 Å². The third kappa shape index (κ3) is 5.41. The summed E-state index contributed by atoms with van der Waals surface area (Å²) in [5.74, 6) is 0.885. The van der Waals surface area contributed by atoms with Gasteiger partial charge in [-0.25, -0.2) is 0 Å². The number of carbonyl (C=O) groups is 1. The van der Waals surface area contributed by atoms with Gasteiger partial charge in [0, 0.05) is 34.9 Å². The lowest BCUT2D eigenvalue weighted by atomic mass is 10.1. The normalized spacial score (nSPS) is 11.4. The van der Waals surface area contributed by atoms with Crippen molar-refractivity contribution >= 4 is 28.5 Å². The van der Waals surface area contributed by atoms with E-state index in [0.29, 0.717) is 23.8 Å². The summed E-state index contributed by atoms with van der Waals surface area (Å²) in [6.07, 6.45) is 2.77. The molecule has 0 saturated heterocycles. The van der Waals surface area contributed by atoms with E-state index >= 15 is 0 Å². The molecule has 0 bridgehead atoms. The molecule has 6 nitrogen and oxygen atoms in total. The number of anilines is 1. The lowest BCUT2D eigenvalue weighted by Gasteiger charge is -2.14. The first-order valence-corrected chi connectivity index (χ1v) is 10.9. The zero-order valence-corrected chi connectivity index (χ0v) is 19.1. The number of nitrogens with one attached hydrogen (secondary N) is 3. The number of aliphatic imine (C=N–C) groups is 1. The van der Waals surface area contributed by atoms with E-state index in [0.717, 1.165) is 23.2 Å². The number of ether oxygens (including phenoxy) is 1. The molecule has 1 heterocycles. The summed E-state index contributed by atoms with van der Waals surface area (Å²) in [4.78, 5) is 20.9. The summed E-state index contributed by atoms with van der Waals surface area (Å²) in [6, 6.07) is 21.3. The van der Waals surface area contributed by atoms with E-state index in [1.807, 2.05) is 37.4 Å². The summed E-state index contributed by atoms with van der Waals surface area (Å²) in [6.45, 7) is 4.61. The van der Waals surface area contributed by atoms with Gasteiger partial charge in [-0.05, 0) is 67.8 Å². The van der Waals surface area contributed by atoms with Crippen molar-refractivity contribution in [2.45, 2.75) is 20.3 Å². The first-order chi connectivity index (χ1) is 16.0. The molecule has 4 rings (SSSR count). The van der Waals surface area contributed by atoms with E-state index in [1.54, 1.807) is 31.4 Å². The Balaban J connectivity index is 1.53. The Morgan fingerprint density at radius 3 is 2.58 bits per heavy atom. The molecule has 6 heteroatoms. The maximum absolute atomic E-state index is 12.9. The lowest BCUT2D eigenvalue weighted by molar-refractivity contribution is 0.0977. The molecule has 1 amide bonds. The number of rotatable bonds is 6.